The van der Waals surface area contributed by atoms with Crippen LogP contribution in [-0.4, -0.2) is 10.5 Å². The van der Waals surface area contributed by atoms with Gasteiger partial charge in [-0.25, -0.2) is 0 Å². The molecule has 1 aromatic heterocycles. The number of rotatable bonds is 1. The minimum atomic E-state index is -0.164. The van der Waals surface area contributed by atoms with Crippen molar-refractivity contribution < 1.29 is 4.79 Å². The van der Waals surface area contributed by atoms with Crippen molar-refractivity contribution in [2.45, 2.75) is 20.3 Å². The minimum Gasteiger partial charge on any atom is -0.291 e. The molecule has 1 rings (SSSR count). The lowest BCUT2D eigenvalue weighted by Crippen LogP contribution is -2.09. The Morgan fingerprint density at radius 2 is 2.33 bits per heavy atom. The molecule has 0 unspecified atom stereocenters. The molecule has 0 aliphatic heterocycles. The number of aromatic nitrogens is 1. The van der Waals surface area contributed by atoms with Gasteiger partial charge in [0, 0.05) is 11.9 Å². The molecular weight excluding hydrogens is 152 g/mol. The zero-order valence-corrected chi connectivity index (χ0v) is 7.16. The average molecular weight is 162 g/mol. The number of carbonyl (C=O) groups excluding carboxylic acids is 1. The summed E-state index contributed by atoms with van der Waals surface area (Å²) in [4.78, 5) is 11.2. The van der Waals surface area contributed by atoms with E-state index in [1.807, 2.05) is 26.0 Å². The van der Waals surface area contributed by atoms with Crippen molar-refractivity contribution in [3.63, 3.8) is 0 Å². The van der Waals surface area contributed by atoms with E-state index in [1.54, 1.807) is 6.20 Å². The van der Waals surface area contributed by atoms with Gasteiger partial charge in [-0.3, -0.25) is 9.36 Å². The number of nitrogens with zero attached hydrogens (tertiary/aromatic N) is 2. The second-order valence-corrected chi connectivity index (χ2v) is 2.76. The Balaban J connectivity index is 2.96. The topological polar surface area (TPSA) is 45.8 Å². The van der Waals surface area contributed by atoms with Gasteiger partial charge in [0.2, 0.25) is 5.91 Å². The molecule has 0 spiro atoms. The van der Waals surface area contributed by atoms with E-state index in [9.17, 15) is 4.79 Å². The molecule has 0 aromatic carbocycles. The van der Waals surface area contributed by atoms with Gasteiger partial charge in [0.15, 0.2) is 0 Å². The quantitative estimate of drug-likeness (QED) is 0.630. The average Bonchev–Trinajstić information content (AvgIpc) is 2.30. The Bertz CT molecular complexity index is 344. The van der Waals surface area contributed by atoms with Crippen LogP contribution in [0.3, 0.4) is 0 Å². The van der Waals surface area contributed by atoms with Crippen LogP contribution in [-0.2, 0) is 0 Å². The Hall–Kier alpha value is -1.56. The predicted molar refractivity (Wildman–Crippen MR) is 44.8 cm³/mol. The van der Waals surface area contributed by atoms with E-state index in [1.165, 1.54) is 4.57 Å². The number of hydrogen-bond acceptors (Lipinski definition) is 2. The number of nitriles is 1. The number of carbonyl (C=O) groups is 1. The van der Waals surface area contributed by atoms with Gasteiger partial charge in [-0.05, 0) is 25.5 Å². The molecule has 0 saturated heterocycles. The molecule has 0 N–H and O–H groups in total. The number of hydrogen-bond donors (Lipinski definition) is 0. The second-order valence-electron chi connectivity index (χ2n) is 2.76. The molecule has 0 amide bonds. The maximum absolute atomic E-state index is 11.2. The predicted octanol–water partition coefficient (Wildman–Crippen LogP) is 1.66. The molecule has 0 bridgehead atoms. The summed E-state index contributed by atoms with van der Waals surface area (Å²) in [5, 5.41) is 8.31. The zero-order valence-electron chi connectivity index (χ0n) is 7.16. The van der Waals surface area contributed by atoms with Crippen LogP contribution < -0.4 is 0 Å². The zero-order chi connectivity index (χ0) is 9.14. The third kappa shape index (κ3) is 1.54. The van der Waals surface area contributed by atoms with Gasteiger partial charge < -0.3 is 0 Å². The first-order valence-electron chi connectivity index (χ1n) is 3.71. The highest BCUT2D eigenvalue weighted by Crippen LogP contribution is 2.06. The van der Waals surface area contributed by atoms with Crippen LogP contribution in [0.25, 0.3) is 0 Å². The largest absolute Gasteiger partial charge is 0.291 e. The molecule has 0 atom stereocenters. The molecule has 1 aromatic rings. The summed E-state index contributed by atoms with van der Waals surface area (Å²) >= 11 is 0. The summed E-state index contributed by atoms with van der Waals surface area (Å²) in [6, 6.07) is 3.74. The van der Waals surface area contributed by atoms with Crippen LogP contribution in [0.5, 0.6) is 0 Å². The van der Waals surface area contributed by atoms with E-state index in [0.29, 0.717) is 0 Å². The molecular formula is C9H10N2O. The molecule has 0 saturated carbocycles. The monoisotopic (exact) mass is 162 g/mol. The van der Waals surface area contributed by atoms with Gasteiger partial charge >= 0.3 is 0 Å². The van der Waals surface area contributed by atoms with Crippen LogP contribution >= 0.6 is 0 Å². The van der Waals surface area contributed by atoms with Gasteiger partial charge in [-0.2, -0.15) is 5.26 Å². The van der Waals surface area contributed by atoms with Crippen LogP contribution in [0.2, 0.25) is 0 Å². The van der Waals surface area contributed by atoms with Crippen molar-refractivity contribution in [1.29, 1.82) is 5.26 Å². The van der Waals surface area contributed by atoms with Crippen LogP contribution in [0, 0.1) is 25.2 Å². The van der Waals surface area contributed by atoms with Crippen molar-refractivity contribution in [2.24, 2.45) is 0 Å². The maximum atomic E-state index is 11.2. The van der Waals surface area contributed by atoms with Gasteiger partial charge in [-0.15, -0.1) is 0 Å². The normalized spacial score (nSPS) is 9.42. The molecule has 3 heteroatoms. The first-order chi connectivity index (χ1) is 5.65. The van der Waals surface area contributed by atoms with Gasteiger partial charge in [-0.1, -0.05) is 0 Å². The summed E-state index contributed by atoms with van der Waals surface area (Å²) in [6.07, 6.45) is 1.68. The van der Waals surface area contributed by atoms with Crippen molar-refractivity contribution in [3.8, 4) is 6.07 Å². The van der Waals surface area contributed by atoms with E-state index in [4.69, 9.17) is 5.26 Å². The lowest BCUT2D eigenvalue weighted by atomic mass is 10.3. The fourth-order valence-electron chi connectivity index (χ4n) is 1.16. The Labute approximate surface area is 71.2 Å². The Morgan fingerprint density at radius 1 is 1.67 bits per heavy atom. The Kier molecular flexibility index (Phi) is 2.29. The summed E-state index contributed by atoms with van der Waals surface area (Å²) in [5.41, 5.74) is 1.92. The van der Waals surface area contributed by atoms with Crippen molar-refractivity contribution in [3.05, 3.63) is 23.5 Å². The Morgan fingerprint density at radius 3 is 2.75 bits per heavy atom. The molecule has 0 aliphatic rings. The van der Waals surface area contributed by atoms with Crippen molar-refractivity contribution in [1.82, 2.24) is 4.57 Å². The summed E-state index contributed by atoms with van der Waals surface area (Å²) in [5.74, 6) is -0.164. The lowest BCUT2D eigenvalue weighted by Gasteiger charge is -1.98. The molecule has 0 radical (unpaired) electrons. The van der Waals surface area contributed by atoms with Gasteiger partial charge in [0.25, 0.3) is 0 Å². The fraction of sp³-hybridized carbons (Fsp3) is 0.333. The molecule has 3 nitrogen and oxygen atoms in total. The highest BCUT2D eigenvalue weighted by molar-refractivity contribution is 5.81. The summed E-state index contributed by atoms with van der Waals surface area (Å²) < 4.78 is 1.51. The molecule has 62 valence electrons. The third-order valence-corrected chi connectivity index (χ3v) is 1.65. The van der Waals surface area contributed by atoms with Crippen molar-refractivity contribution >= 4 is 5.91 Å². The molecule has 0 fully saturated rings. The van der Waals surface area contributed by atoms with E-state index in [2.05, 4.69) is 0 Å². The van der Waals surface area contributed by atoms with Gasteiger partial charge in [0.05, 0.1) is 6.07 Å². The van der Waals surface area contributed by atoms with E-state index in [0.717, 1.165) is 11.3 Å². The second kappa shape index (κ2) is 3.22. The standard InChI is InChI=1S/C9H10N2O/c1-7-5-8(2)11(6-7)9(12)3-4-10/h5-6H,3H2,1-2H3. The first kappa shape index (κ1) is 8.54. The van der Waals surface area contributed by atoms with Crippen molar-refractivity contribution in [2.75, 3.05) is 0 Å². The summed E-state index contributed by atoms with van der Waals surface area (Å²) in [6.45, 7) is 3.77. The highest BCUT2D eigenvalue weighted by Gasteiger charge is 2.06. The first-order valence-corrected chi connectivity index (χ1v) is 3.71. The molecule has 12 heavy (non-hydrogen) atoms. The summed E-state index contributed by atoms with van der Waals surface area (Å²) in [7, 11) is 0. The van der Waals surface area contributed by atoms with E-state index in [-0.39, 0.29) is 12.3 Å². The fourth-order valence-corrected chi connectivity index (χ4v) is 1.16. The minimum absolute atomic E-state index is 0.0606. The molecule has 0 aliphatic carbocycles. The van der Waals surface area contributed by atoms with E-state index < -0.39 is 0 Å². The van der Waals surface area contributed by atoms with E-state index >= 15 is 0 Å². The highest BCUT2D eigenvalue weighted by atomic mass is 16.2. The van der Waals surface area contributed by atoms with Crippen LogP contribution in [0.1, 0.15) is 22.5 Å². The molecule has 1 heterocycles. The van der Waals surface area contributed by atoms with Crippen LogP contribution in [0.4, 0.5) is 0 Å². The SMILES string of the molecule is Cc1cc(C)n(C(=O)CC#N)c1. The maximum Gasteiger partial charge on any atom is 0.245 e. The third-order valence-electron chi connectivity index (χ3n) is 1.65. The lowest BCUT2D eigenvalue weighted by molar-refractivity contribution is 0.0917. The van der Waals surface area contributed by atoms with Gasteiger partial charge in [0.1, 0.15) is 6.42 Å². The smallest absolute Gasteiger partial charge is 0.245 e. The number of aryl methyl sites for hydroxylation is 2. The van der Waals surface area contributed by atoms with Crippen LogP contribution in [0.15, 0.2) is 12.3 Å².